The first-order valence-corrected chi connectivity index (χ1v) is 9.31. The van der Waals surface area contributed by atoms with Crippen molar-refractivity contribution in [3.8, 4) is 0 Å². The van der Waals surface area contributed by atoms with Crippen molar-refractivity contribution in [1.82, 2.24) is 15.1 Å². The number of nitrogens with one attached hydrogen (secondary N) is 1. The van der Waals surface area contributed by atoms with Crippen LogP contribution in [-0.2, 0) is 11.2 Å². The van der Waals surface area contributed by atoms with Gasteiger partial charge in [-0.1, -0.05) is 30.3 Å². The molecule has 1 unspecified atom stereocenters. The molecular formula is C19H30N4O3. The highest BCUT2D eigenvalue weighted by atomic mass is 16.6. The maximum Gasteiger partial charge on any atom is 0.409 e. The Morgan fingerprint density at radius 3 is 2.46 bits per heavy atom. The second-order valence-electron chi connectivity index (χ2n) is 6.21. The normalized spacial score (nSPS) is 16.3. The number of aliphatic imine (C=N–C) groups is 1. The van der Waals surface area contributed by atoms with Crippen LogP contribution in [-0.4, -0.2) is 78.9 Å². The van der Waals surface area contributed by atoms with Gasteiger partial charge in [-0.3, -0.25) is 4.99 Å². The van der Waals surface area contributed by atoms with Gasteiger partial charge in [0.2, 0.25) is 0 Å². The zero-order valence-electron chi connectivity index (χ0n) is 15.7. The van der Waals surface area contributed by atoms with E-state index in [1.807, 2.05) is 44.2 Å². The highest BCUT2D eigenvalue weighted by molar-refractivity contribution is 5.80. The summed E-state index contributed by atoms with van der Waals surface area (Å²) in [6.45, 7) is 7.92. The molecule has 1 aromatic rings. The standard InChI is InChI=1S/C19H30N4O3/c1-3-20-18(21-15-17(24)14-16-8-6-5-7-9-16)22-10-12-23(13-11-22)19(25)26-4-2/h5-9,17,24H,3-4,10-15H2,1-2H3,(H,20,21). The quantitative estimate of drug-likeness (QED) is 0.590. The zero-order valence-corrected chi connectivity index (χ0v) is 15.7. The van der Waals surface area contributed by atoms with Crippen molar-refractivity contribution in [2.45, 2.75) is 26.4 Å². The molecule has 0 radical (unpaired) electrons. The Labute approximate surface area is 155 Å². The lowest BCUT2D eigenvalue weighted by Gasteiger charge is -2.36. The Hall–Kier alpha value is -2.28. The maximum atomic E-state index is 11.8. The van der Waals surface area contributed by atoms with E-state index < -0.39 is 6.10 Å². The summed E-state index contributed by atoms with van der Waals surface area (Å²) in [5, 5.41) is 13.5. The number of nitrogens with zero attached hydrogens (tertiary/aromatic N) is 3. The number of aliphatic hydroxyl groups is 1. The van der Waals surface area contributed by atoms with E-state index in [0.717, 1.165) is 18.1 Å². The molecule has 26 heavy (non-hydrogen) atoms. The Morgan fingerprint density at radius 2 is 1.85 bits per heavy atom. The van der Waals surface area contributed by atoms with Gasteiger partial charge in [0.05, 0.1) is 19.3 Å². The van der Waals surface area contributed by atoms with Crippen molar-refractivity contribution in [2.24, 2.45) is 4.99 Å². The highest BCUT2D eigenvalue weighted by Crippen LogP contribution is 2.06. The third kappa shape index (κ3) is 6.22. The fourth-order valence-corrected chi connectivity index (χ4v) is 2.88. The fraction of sp³-hybridized carbons (Fsp3) is 0.579. The molecule has 7 heteroatoms. The van der Waals surface area contributed by atoms with Crippen molar-refractivity contribution in [2.75, 3.05) is 45.9 Å². The summed E-state index contributed by atoms with van der Waals surface area (Å²) in [5.74, 6) is 0.781. The molecule has 1 amide bonds. The molecule has 0 spiro atoms. The van der Waals surface area contributed by atoms with Gasteiger partial charge in [-0.05, 0) is 19.4 Å². The molecule has 7 nitrogen and oxygen atoms in total. The zero-order chi connectivity index (χ0) is 18.8. The van der Waals surface area contributed by atoms with Crippen LogP contribution in [0.3, 0.4) is 0 Å². The Balaban J connectivity index is 1.87. The summed E-state index contributed by atoms with van der Waals surface area (Å²) < 4.78 is 5.05. The maximum absolute atomic E-state index is 11.8. The van der Waals surface area contributed by atoms with E-state index in [0.29, 0.717) is 45.8 Å². The lowest BCUT2D eigenvalue weighted by atomic mass is 10.1. The summed E-state index contributed by atoms with van der Waals surface area (Å²) >= 11 is 0. The van der Waals surface area contributed by atoms with E-state index in [1.54, 1.807) is 4.90 Å². The summed E-state index contributed by atoms with van der Waals surface area (Å²) in [6, 6.07) is 9.92. The van der Waals surface area contributed by atoms with Crippen LogP contribution in [0.2, 0.25) is 0 Å². The number of hydrogen-bond acceptors (Lipinski definition) is 4. The number of benzene rings is 1. The molecule has 2 rings (SSSR count). The molecule has 1 aliphatic heterocycles. The number of aliphatic hydroxyl groups excluding tert-OH is 1. The minimum atomic E-state index is -0.521. The van der Waals surface area contributed by atoms with Gasteiger partial charge in [0.15, 0.2) is 5.96 Å². The minimum Gasteiger partial charge on any atom is -0.450 e. The molecule has 0 saturated carbocycles. The van der Waals surface area contributed by atoms with Crippen molar-refractivity contribution in [1.29, 1.82) is 0 Å². The third-order valence-corrected chi connectivity index (χ3v) is 4.21. The molecule has 1 aromatic carbocycles. The number of guanidine groups is 1. The average Bonchev–Trinajstić information content (AvgIpc) is 2.66. The number of piperazine rings is 1. The molecule has 1 atom stereocenters. The molecule has 0 aromatic heterocycles. The van der Waals surface area contributed by atoms with Gasteiger partial charge >= 0.3 is 6.09 Å². The Morgan fingerprint density at radius 1 is 1.19 bits per heavy atom. The van der Waals surface area contributed by atoms with Crippen molar-refractivity contribution in [3.63, 3.8) is 0 Å². The number of carbonyl (C=O) groups is 1. The highest BCUT2D eigenvalue weighted by Gasteiger charge is 2.23. The van der Waals surface area contributed by atoms with Crippen molar-refractivity contribution >= 4 is 12.1 Å². The summed E-state index contributed by atoms with van der Waals surface area (Å²) in [7, 11) is 0. The van der Waals surface area contributed by atoms with Gasteiger partial charge in [-0.2, -0.15) is 0 Å². The van der Waals surface area contributed by atoms with Crippen LogP contribution in [0.5, 0.6) is 0 Å². The smallest absolute Gasteiger partial charge is 0.409 e. The van der Waals surface area contributed by atoms with Crippen LogP contribution >= 0.6 is 0 Å². The molecule has 1 aliphatic rings. The number of amides is 1. The molecule has 0 aliphatic carbocycles. The first-order valence-electron chi connectivity index (χ1n) is 9.31. The van der Waals surface area contributed by atoms with Crippen LogP contribution in [0.1, 0.15) is 19.4 Å². The second-order valence-corrected chi connectivity index (χ2v) is 6.21. The van der Waals surface area contributed by atoms with Crippen LogP contribution in [0.15, 0.2) is 35.3 Å². The fourth-order valence-electron chi connectivity index (χ4n) is 2.88. The summed E-state index contributed by atoms with van der Waals surface area (Å²) in [5.41, 5.74) is 1.10. The lowest BCUT2D eigenvalue weighted by Crippen LogP contribution is -2.54. The first-order chi connectivity index (χ1) is 12.6. The molecular weight excluding hydrogens is 332 g/mol. The molecule has 1 fully saturated rings. The van der Waals surface area contributed by atoms with Crippen molar-refractivity contribution < 1.29 is 14.6 Å². The molecule has 144 valence electrons. The van der Waals surface area contributed by atoms with Gasteiger partial charge < -0.3 is 25.0 Å². The third-order valence-electron chi connectivity index (χ3n) is 4.21. The van der Waals surface area contributed by atoms with Gasteiger partial charge in [0, 0.05) is 39.1 Å². The molecule has 2 N–H and O–H groups in total. The van der Waals surface area contributed by atoms with Gasteiger partial charge in [-0.15, -0.1) is 0 Å². The molecule has 0 bridgehead atoms. The number of rotatable bonds is 6. The number of ether oxygens (including phenoxy) is 1. The molecule has 1 saturated heterocycles. The second kappa shape index (κ2) is 10.7. The predicted octanol–water partition coefficient (Wildman–Crippen LogP) is 1.33. The van der Waals surface area contributed by atoms with Crippen molar-refractivity contribution in [3.05, 3.63) is 35.9 Å². The lowest BCUT2D eigenvalue weighted by molar-refractivity contribution is 0.0914. The monoisotopic (exact) mass is 362 g/mol. The number of hydrogen-bond donors (Lipinski definition) is 2. The van der Waals surface area contributed by atoms with E-state index in [1.165, 1.54) is 0 Å². The predicted molar refractivity (Wildman–Crippen MR) is 102 cm³/mol. The number of carbonyl (C=O) groups excluding carboxylic acids is 1. The van der Waals surface area contributed by atoms with Crippen LogP contribution in [0, 0.1) is 0 Å². The largest absolute Gasteiger partial charge is 0.450 e. The first kappa shape index (κ1) is 20.0. The van der Waals surface area contributed by atoms with Crippen LogP contribution in [0.4, 0.5) is 4.79 Å². The van der Waals surface area contributed by atoms with E-state index in [9.17, 15) is 9.90 Å². The van der Waals surface area contributed by atoms with Gasteiger partial charge in [0.25, 0.3) is 0 Å². The van der Waals surface area contributed by atoms with E-state index in [-0.39, 0.29) is 6.09 Å². The van der Waals surface area contributed by atoms with E-state index in [2.05, 4.69) is 15.2 Å². The summed E-state index contributed by atoms with van der Waals surface area (Å²) in [4.78, 5) is 20.2. The van der Waals surface area contributed by atoms with E-state index >= 15 is 0 Å². The Kier molecular flexibility index (Phi) is 8.21. The SMILES string of the molecule is CCNC(=NCC(O)Cc1ccccc1)N1CCN(C(=O)OCC)CC1. The average molecular weight is 362 g/mol. The minimum absolute atomic E-state index is 0.257. The summed E-state index contributed by atoms with van der Waals surface area (Å²) in [6.07, 6.45) is -0.195. The van der Waals surface area contributed by atoms with Gasteiger partial charge in [-0.25, -0.2) is 4.79 Å². The van der Waals surface area contributed by atoms with E-state index in [4.69, 9.17) is 4.74 Å². The topological polar surface area (TPSA) is 77.4 Å². The van der Waals surface area contributed by atoms with Crippen LogP contribution < -0.4 is 5.32 Å². The Bertz CT molecular complexity index is 571. The van der Waals surface area contributed by atoms with Crippen LogP contribution in [0.25, 0.3) is 0 Å². The van der Waals surface area contributed by atoms with Gasteiger partial charge in [0.1, 0.15) is 0 Å². The molecule has 1 heterocycles.